The van der Waals surface area contributed by atoms with Crippen molar-refractivity contribution in [1.29, 1.82) is 0 Å². The number of nitrogens with zero attached hydrogens (tertiary/aromatic N) is 1. The quantitative estimate of drug-likeness (QED) is 0.682. The Morgan fingerprint density at radius 2 is 2.35 bits per heavy atom. The van der Waals surface area contributed by atoms with E-state index < -0.39 is 5.91 Å². The Hall–Kier alpha value is -1.79. The predicted octanol–water partition coefficient (Wildman–Crippen LogP) is 0.500. The molecular weight excluding hydrogens is 256 g/mol. The van der Waals surface area contributed by atoms with E-state index in [0.29, 0.717) is 17.8 Å². The van der Waals surface area contributed by atoms with Crippen molar-refractivity contribution in [2.45, 2.75) is 13.0 Å². The molecule has 1 heterocycles. The third-order valence-electron chi connectivity index (χ3n) is 3.52. The van der Waals surface area contributed by atoms with Gasteiger partial charge in [-0.1, -0.05) is 6.92 Å². The highest BCUT2D eigenvalue weighted by Crippen LogP contribution is 2.17. The lowest BCUT2D eigenvalue weighted by Crippen LogP contribution is -2.45. The van der Waals surface area contributed by atoms with Gasteiger partial charge in [-0.05, 0) is 24.7 Å². The molecule has 0 spiro atoms. The third kappa shape index (κ3) is 3.61. The first kappa shape index (κ1) is 14.6. The summed E-state index contributed by atoms with van der Waals surface area (Å²) < 4.78 is 5.71. The van der Waals surface area contributed by atoms with Gasteiger partial charge in [0.05, 0.1) is 18.3 Å². The number of hydrogen-bond donors (Lipinski definition) is 3. The number of hydrogen-bond acceptors (Lipinski definition) is 5. The van der Waals surface area contributed by atoms with Gasteiger partial charge in [0.15, 0.2) is 0 Å². The zero-order valence-electron chi connectivity index (χ0n) is 11.8. The van der Waals surface area contributed by atoms with E-state index in [2.05, 4.69) is 17.1 Å². The number of nitrogens with two attached hydrogens (primary N) is 2. The van der Waals surface area contributed by atoms with Gasteiger partial charge in [0, 0.05) is 31.0 Å². The Bertz CT molecular complexity index is 478. The smallest absolute Gasteiger partial charge is 0.250 e. The van der Waals surface area contributed by atoms with Crippen LogP contribution in [0.2, 0.25) is 0 Å². The summed E-state index contributed by atoms with van der Waals surface area (Å²) in [6, 6.07) is 5.20. The molecule has 0 aliphatic carbocycles. The molecule has 0 saturated carbocycles. The summed E-state index contributed by atoms with van der Waals surface area (Å²) in [7, 11) is 0. The van der Waals surface area contributed by atoms with Gasteiger partial charge < -0.3 is 21.5 Å². The van der Waals surface area contributed by atoms with Gasteiger partial charge >= 0.3 is 0 Å². The fourth-order valence-electron chi connectivity index (χ4n) is 2.30. The number of rotatable bonds is 5. The second kappa shape index (κ2) is 6.58. The predicted molar refractivity (Wildman–Crippen MR) is 79.7 cm³/mol. The molecule has 6 heteroatoms. The maximum atomic E-state index is 11.2. The fourth-order valence-corrected chi connectivity index (χ4v) is 2.30. The van der Waals surface area contributed by atoms with Gasteiger partial charge in [-0.15, -0.1) is 0 Å². The van der Waals surface area contributed by atoms with Gasteiger partial charge in [0.1, 0.15) is 0 Å². The largest absolute Gasteiger partial charge is 0.398 e. The Morgan fingerprint density at radius 3 is 3.05 bits per heavy atom. The minimum absolute atomic E-state index is 0.151. The molecule has 0 aromatic heterocycles. The molecule has 5 N–H and O–H groups in total. The summed E-state index contributed by atoms with van der Waals surface area (Å²) in [6.07, 6.45) is 0.151. The molecule has 1 aromatic carbocycles. The van der Waals surface area contributed by atoms with E-state index >= 15 is 0 Å². The average molecular weight is 278 g/mol. The fraction of sp³-hybridized carbons (Fsp3) is 0.500. The first-order chi connectivity index (χ1) is 9.60. The van der Waals surface area contributed by atoms with Crippen LogP contribution in [0, 0.1) is 0 Å². The molecule has 1 aliphatic heterocycles. The number of benzene rings is 1. The van der Waals surface area contributed by atoms with E-state index in [1.807, 2.05) is 6.07 Å². The molecule has 1 amide bonds. The van der Waals surface area contributed by atoms with Crippen molar-refractivity contribution in [3.05, 3.63) is 23.8 Å². The Morgan fingerprint density at radius 1 is 1.55 bits per heavy atom. The van der Waals surface area contributed by atoms with Crippen molar-refractivity contribution < 1.29 is 9.53 Å². The van der Waals surface area contributed by atoms with Crippen molar-refractivity contribution in [2.24, 2.45) is 5.73 Å². The zero-order chi connectivity index (χ0) is 14.5. The molecule has 110 valence electrons. The molecule has 1 atom stereocenters. The van der Waals surface area contributed by atoms with Gasteiger partial charge in [0.25, 0.3) is 5.91 Å². The summed E-state index contributed by atoms with van der Waals surface area (Å²) in [6.45, 7) is 6.54. The van der Waals surface area contributed by atoms with Crippen LogP contribution < -0.4 is 16.8 Å². The van der Waals surface area contributed by atoms with Crippen LogP contribution in [-0.4, -0.2) is 49.7 Å². The van der Waals surface area contributed by atoms with Crippen LogP contribution in [-0.2, 0) is 4.74 Å². The normalized spacial score (nSPS) is 19.8. The standard InChI is InChI=1S/C14H22N4O2/c1-2-18-5-6-20-11(9-18)8-17-10-3-4-13(15)12(7-10)14(16)19/h3-4,7,11,17H,2,5-6,8-9,15H2,1H3,(H2,16,19). The number of carbonyl (C=O) groups is 1. The molecule has 2 rings (SSSR count). The van der Waals surface area contributed by atoms with E-state index in [4.69, 9.17) is 16.2 Å². The Labute approximate surface area is 119 Å². The highest BCUT2D eigenvalue weighted by Gasteiger charge is 2.19. The summed E-state index contributed by atoms with van der Waals surface area (Å²) in [5.41, 5.74) is 12.6. The van der Waals surface area contributed by atoms with Crippen LogP contribution in [0.15, 0.2) is 18.2 Å². The van der Waals surface area contributed by atoms with Gasteiger partial charge in [-0.25, -0.2) is 0 Å². The lowest BCUT2D eigenvalue weighted by atomic mass is 10.1. The van der Waals surface area contributed by atoms with Crippen molar-refractivity contribution in [3.8, 4) is 0 Å². The summed E-state index contributed by atoms with van der Waals surface area (Å²) in [4.78, 5) is 13.6. The number of nitrogen functional groups attached to an aromatic ring is 1. The molecule has 20 heavy (non-hydrogen) atoms. The summed E-state index contributed by atoms with van der Waals surface area (Å²) >= 11 is 0. The number of likely N-dealkylation sites (N-methyl/N-ethyl adjacent to an activating group) is 1. The average Bonchev–Trinajstić information content (AvgIpc) is 2.46. The second-order valence-electron chi connectivity index (χ2n) is 4.93. The van der Waals surface area contributed by atoms with Crippen molar-refractivity contribution >= 4 is 17.3 Å². The van der Waals surface area contributed by atoms with E-state index in [1.54, 1.807) is 12.1 Å². The number of carbonyl (C=O) groups excluding carboxylic acids is 1. The van der Waals surface area contributed by atoms with Crippen molar-refractivity contribution in [1.82, 2.24) is 4.90 Å². The van der Waals surface area contributed by atoms with Gasteiger partial charge in [0.2, 0.25) is 0 Å². The van der Waals surface area contributed by atoms with Crippen LogP contribution in [0.4, 0.5) is 11.4 Å². The molecule has 0 radical (unpaired) electrons. The molecule has 0 bridgehead atoms. The molecular formula is C14H22N4O2. The maximum Gasteiger partial charge on any atom is 0.250 e. The maximum absolute atomic E-state index is 11.2. The third-order valence-corrected chi connectivity index (χ3v) is 3.52. The Balaban J connectivity index is 1.93. The number of nitrogens with one attached hydrogen (secondary N) is 1. The number of amides is 1. The van der Waals surface area contributed by atoms with Gasteiger partial charge in [-0.3, -0.25) is 9.69 Å². The highest BCUT2D eigenvalue weighted by atomic mass is 16.5. The SMILES string of the molecule is CCN1CCOC(CNc2ccc(N)c(C(N)=O)c2)C1. The van der Waals surface area contributed by atoms with Crippen molar-refractivity contribution in [2.75, 3.05) is 43.8 Å². The van der Waals surface area contributed by atoms with Crippen LogP contribution in [0.1, 0.15) is 17.3 Å². The van der Waals surface area contributed by atoms with Crippen LogP contribution >= 0.6 is 0 Å². The summed E-state index contributed by atoms with van der Waals surface area (Å²) in [5, 5.41) is 3.27. The molecule has 1 aliphatic rings. The van der Waals surface area contributed by atoms with Crippen molar-refractivity contribution in [3.63, 3.8) is 0 Å². The van der Waals surface area contributed by atoms with E-state index in [9.17, 15) is 4.79 Å². The summed E-state index contributed by atoms with van der Waals surface area (Å²) in [5.74, 6) is -0.516. The monoisotopic (exact) mass is 278 g/mol. The molecule has 1 saturated heterocycles. The minimum Gasteiger partial charge on any atom is -0.398 e. The first-order valence-corrected chi connectivity index (χ1v) is 6.87. The number of primary amides is 1. The van der Waals surface area contributed by atoms with Crippen LogP contribution in [0.25, 0.3) is 0 Å². The molecule has 1 unspecified atom stereocenters. The lowest BCUT2D eigenvalue weighted by molar-refractivity contribution is -0.0191. The molecule has 1 fully saturated rings. The number of morpholine rings is 1. The highest BCUT2D eigenvalue weighted by molar-refractivity contribution is 5.98. The first-order valence-electron chi connectivity index (χ1n) is 6.87. The molecule has 1 aromatic rings. The van der Waals surface area contributed by atoms with Crippen LogP contribution in [0.3, 0.4) is 0 Å². The van der Waals surface area contributed by atoms with Gasteiger partial charge in [-0.2, -0.15) is 0 Å². The lowest BCUT2D eigenvalue weighted by Gasteiger charge is -2.32. The number of ether oxygens (including phenoxy) is 1. The molecule has 6 nitrogen and oxygen atoms in total. The zero-order valence-corrected chi connectivity index (χ0v) is 11.8. The topological polar surface area (TPSA) is 93.6 Å². The van der Waals surface area contributed by atoms with Crippen LogP contribution in [0.5, 0.6) is 0 Å². The number of anilines is 2. The second-order valence-corrected chi connectivity index (χ2v) is 4.93. The van der Waals surface area contributed by atoms with E-state index in [-0.39, 0.29) is 6.10 Å². The van der Waals surface area contributed by atoms with E-state index in [0.717, 1.165) is 31.9 Å². The van der Waals surface area contributed by atoms with E-state index in [1.165, 1.54) is 0 Å². The Kier molecular flexibility index (Phi) is 4.81. The minimum atomic E-state index is -0.516.